The largest absolute Gasteiger partial charge is 0.398 e. The van der Waals surface area contributed by atoms with Crippen LogP contribution < -0.4 is 10.5 Å². The molecule has 1 unspecified atom stereocenters. The second kappa shape index (κ2) is 5.54. The van der Waals surface area contributed by atoms with Crippen LogP contribution in [0.1, 0.15) is 13.3 Å². The van der Waals surface area contributed by atoms with E-state index in [0.29, 0.717) is 16.6 Å². The molecule has 3 N–H and O–H groups in total. The van der Waals surface area contributed by atoms with Crippen molar-refractivity contribution in [1.29, 1.82) is 0 Å². The predicted octanol–water partition coefficient (Wildman–Crippen LogP) is 1.72. The van der Waals surface area contributed by atoms with Gasteiger partial charge in [0.15, 0.2) is 0 Å². The zero-order valence-corrected chi connectivity index (χ0v) is 11.7. The van der Waals surface area contributed by atoms with Gasteiger partial charge in [-0.3, -0.25) is 0 Å². The molecule has 1 atom stereocenters. The standard InChI is InChI=1S/C11H13BrN2O2S/c1-3-4-8(2)14-17(15,16)9-5-6-11(13)10(12)7-9/h1,5-8,14H,4,13H2,2H3. The summed E-state index contributed by atoms with van der Waals surface area (Å²) in [7, 11) is -3.55. The summed E-state index contributed by atoms with van der Waals surface area (Å²) in [5.41, 5.74) is 6.08. The Bertz CT molecular complexity index is 549. The molecule has 1 aromatic rings. The van der Waals surface area contributed by atoms with E-state index in [4.69, 9.17) is 12.2 Å². The van der Waals surface area contributed by atoms with Crippen molar-refractivity contribution >= 4 is 31.6 Å². The molecule has 0 amide bonds. The number of nitrogens with two attached hydrogens (primary N) is 1. The summed E-state index contributed by atoms with van der Waals surface area (Å²) in [4.78, 5) is 0.155. The van der Waals surface area contributed by atoms with Crippen LogP contribution in [0.3, 0.4) is 0 Å². The van der Waals surface area contributed by atoms with E-state index in [1.807, 2.05) is 0 Å². The van der Waals surface area contributed by atoms with E-state index in [1.165, 1.54) is 18.2 Å². The molecule has 0 aliphatic rings. The minimum absolute atomic E-state index is 0.155. The lowest BCUT2D eigenvalue weighted by atomic mass is 10.3. The van der Waals surface area contributed by atoms with E-state index in [9.17, 15) is 8.42 Å². The molecule has 1 rings (SSSR count). The van der Waals surface area contributed by atoms with Crippen molar-refractivity contribution in [1.82, 2.24) is 4.72 Å². The average molecular weight is 317 g/mol. The minimum Gasteiger partial charge on any atom is -0.398 e. The molecule has 0 aliphatic carbocycles. The van der Waals surface area contributed by atoms with Gasteiger partial charge in [0.2, 0.25) is 10.0 Å². The second-order valence-corrected chi connectivity index (χ2v) is 6.18. The number of sulfonamides is 1. The van der Waals surface area contributed by atoms with Gasteiger partial charge < -0.3 is 5.73 Å². The maximum absolute atomic E-state index is 11.9. The van der Waals surface area contributed by atoms with Gasteiger partial charge >= 0.3 is 0 Å². The van der Waals surface area contributed by atoms with Gasteiger partial charge in [-0.05, 0) is 41.1 Å². The Balaban J connectivity index is 2.98. The van der Waals surface area contributed by atoms with Crippen LogP contribution in [-0.2, 0) is 10.0 Å². The number of benzene rings is 1. The Kier molecular flexibility index (Phi) is 4.57. The van der Waals surface area contributed by atoms with Crippen molar-refractivity contribution in [3.8, 4) is 12.3 Å². The summed E-state index contributed by atoms with van der Waals surface area (Å²) < 4.78 is 26.9. The first-order valence-corrected chi connectivity index (χ1v) is 7.15. The van der Waals surface area contributed by atoms with Gasteiger partial charge in [0, 0.05) is 22.6 Å². The van der Waals surface area contributed by atoms with Crippen LogP contribution in [0.15, 0.2) is 27.6 Å². The van der Waals surface area contributed by atoms with E-state index < -0.39 is 10.0 Å². The van der Waals surface area contributed by atoms with Gasteiger partial charge in [-0.2, -0.15) is 0 Å². The van der Waals surface area contributed by atoms with Crippen LogP contribution in [0, 0.1) is 12.3 Å². The maximum Gasteiger partial charge on any atom is 0.240 e. The summed E-state index contributed by atoms with van der Waals surface area (Å²) in [6, 6.07) is 4.14. The fourth-order valence-corrected chi connectivity index (χ4v) is 3.03. The summed E-state index contributed by atoms with van der Waals surface area (Å²) in [5, 5.41) is 0. The molecule has 92 valence electrons. The van der Waals surface area contributed by atoms with E-state index in [2.05, 4.69) is 26.6 Å². The molecule has 17 heavy (non-hydrogen) atoms. The number of hydrogen-bond donors (Lipinski definition) is 2. The normalized spacial score (nSPS) is 13.0. The topological polar surface area (TPSA) is 72.2 Å². The fourth-order valence-electron chi connectivity index (χ4n) is 1.23. The Morgan fingerprint density at radius 2 is 2.24 bits per heavy atom. The molecular weight excluding hydrogens is 304 g/mol. The molecule has 6 heteroatoms. The number of anilines is 1. The summed E-state index contributed by atoms with van der Waals surface area (Å²) in [5.74, 6) is 2.41. The highest BCUT2D eigenvalue weighted by molar-refractivity contribution is 9.10. The van der Waals surface area contributed by atoms with Crippen LogP contribution in [0.2, 0.25) is 0 Å². The van der Waals surface area contributed by atoms with Gasteiger partial charge in [-0.1, -0.05) is 0 Å². The van der Waals surface area contributed by atoms with E-state index in [-0.39, 0.29) is 10.9 Å². The Labute approximate surface area is 110 Å². The van der Waals surface area contributed by atoms with Gasteiger partial charge in [-0.15, -0.1) is 12.3 Å². The predicted molar refractivity (Wildman–Crippen MR) is 71.8 cm³/mol. The lowest BCUT2D eigenvalue weighted by molar-refractivity contribution is 0.563. The summed E-state index contributed by atoms with van der Waals surface area (Å²) in [6.07, 6.45) is 5.46. The van der Waals surface area contributed by atoms with Gasteiger partial charge in [-0.25, -0.2) is 13.1 Å². The van der Waals surface area contributed by atoms with Crippen molar-refractivity contribution in [2.75, 3.05) is 5.73 Å². The molecule has 0 bridgehead atoms. The number of terminal acetylenes is 1. The third kappa shape index (κ3) is 3.73. The first-order valence-electron chi connectivity index (χ1n) is 4.87. The van der Waals surface area contributed by atoms with Crippen LogP contribution in [0.5, 0.6) is 0 Å². The SMILES string of the molecule is C#CCC(C)NS(=O)(=O)c1ccc(N)c(Br)c1. The Morgan fingerprint density at radius 1 is 1.59 bits per heavy atom. The van der Waals surface area contributed by atoms with E-state index in [1.54, 1.807) is 6.92 Å². The second-order valence-electron chi connectivity index (χ2n) is 3.61. The molecule has 1 aromatic carbocycles. The van der Waals surface area contributed by atoms with E-state index >= 15 is 0 Å². The smallest absolute Gasteiger partial charge is 0.240 e. The van der Waals surface area contributed by atoms with Crippen molar-refractivity contribution in [3.05, 3.63) is 22.7 Å². The number of nitrogen functional groups attached to an aromatic ring is 1. The maximum atomic E-state index is 11.9. The number of halogens is 1. The lowest BCUT2D eigenvalue weighted by Gasteiger charge is -2.12. The quantitative estimate of drug-likeness (QED) is 0.656. The highest BCUT2D eigenvalue weighted by atomic mass is 79.9. The molecule has 4 nitrogen and oxygen atoms in total. The number of rotatable bonds is 4. The molecule has 0 saturated carbocycles. The van der Waals surface area contributed by atoms with Crippen molar-refractivity contribution in [3.63, 3.8) is 0 Å². The van der Waals surface area contributed by atoms with Crippen molar-refractivity contribution in [2.24, 2.45) is 0 Å². The van der Waals surface area contributed by atoms with Crippen LogP contribution in [0.4, 0.5) is 5.69 Å². The molecule has 0 aromatic heterocycles. The van der Waals surface area contributed by atoms with Crippen molar-refractivity contribution in [2.45, 2.75) is 24.3 Å². The van der Waals surface area contributed by atoms with Crippen LogP contribution in [-0.4, -0.2) is 14.5 Å². The first kappa shape index (κ1) is 14.0. The van der Waals surface area contributed by atoms with Gasteiger partial charge in [0.1, 0.15) is 0 Å². The minimum atomic E-state index is -3.55. The molecule has 0 fully saturated rings. The molecular formula is C11H13BrN2O2S. The van der Waals surface area contributed by atoms with Crippen LogP contribution in [0.25, 0.3) is 0 Å². The zero-order chi connectivity index (χ0) is 13.1. The molecule has 0 spiro atoms. The van der Waals surface area contributed by atoms with Gasteiger partial charge in [0.25, 0.3) is 0 Å². The molecule has 0 aliphatic heterocycles. The van der Waals surface area contributed by atoms with Crippen LogP contribution >= 0.6 is 15.9 Å². The van der Waals surface area contributed by atoms with Crippen molar-refractivity contribution < 1.29 is 8.42 Å². The average Bonchev–Trinajstić information content (AvgIpc) is 2.21. The molecule has 0 saturated heterocycles. The molecule has 0 radical (unpaired) electrons. The molecule has 0 heterocycles. The zero-order valence-electron chi connectivity index (χ0n) is 9.27. The summed E-state index contributed by atoms with van der Waals surface area (Å²) in [6.45, 7) is 1.71. The van der Waals surface area contributed by atoms with Gasteiger partial charge in [0.05, 0.1) is 4.90 Å². The fraction of sp³-hybridized carbons (Fsp3) is 0.273. The number of hydrogen-bond acceptors (Lipinski definition) is 3. The first-order chi connectivity index (χ1) is 7.86. The highest BCUT2D eigenvalue weighted by Crippen LogP contribution is 2.23. The monoisotopic (exact) mass is 316 g/mol. The Hall–Kier alpha value is -1.03. The third-order valence-electron chi connectivity index (χ3n) is 2.06. The highest BCUT2D eigenvalue weighted by Gasteiger charge is 2.17. The van der Waals surface area contributed by atoms with E-state index in [0.717, 1.165) is 0 Å². The lowest BCUT2D eigenvalue weighted by Crippen LogP contribution is -2.32. The number of nitrogens with one attached hydrogen (secondary N) is 1. The summed E-state index contributed by atoms with van der Waals surface area (Å²) >= 11 is 3.19. The Morgan fingerprint density at radius 3 is 2.76 bits per heavy atom. The third-order valence-corrected chi connectivity index (χ3v) is 4.34.